The molecule has 3 rings (SSSR count). The molecule has 1 aromatic carbocycles. The lowest BCUT2D eigenvalue weighted by atomic mass is 10.3. The second-order valence-electron chi connectivity index (χ2n) is 5.11. The Hall–Kier alpha value is -2.12. The maximum Gasteiger partial charge on any atom is 0.227 e. The van der Waals surface area contributed by atoms with E-state index in [2.05, 4.69) is 20.3 Å². The number of benzene rings is 1. The minimum absolute atomic E-state index is 0.197. The SMILES string of the molecule is CSc1ccc(Nc2ncc(F)c(-c3cnc(C)n3C)n2)cc1Cl. The quantitative estimate of drug-likeness (QED) is 0.694. The van der Waals surface area contributed by atoms with Gasteiger partial charge >= 0.3 is 0 Å². The number of hydrogen-bond acceptors (Lipinski definition) is 5. The Morgan fingerprint density at radius 3 is 2.67 bits per heavy atom. The molecular formula is C16H15ClFN5S. The van der Waals surface area contributed by atoms with Crippen molar-refractivity contribution in [1.82, 2.24) is 19.5 Å². The largest absolute Gasteiger partial charge is 0.330 e. The van der Waals surface area contributed by atoms with E-state index < -0.39 is 5.82 Å². The van der Waals surface area contributed by atoms with Crippen molar-refractivity contribution >= 4 is 35.0 Å². The number of nitrogens with one attached hydrogen (secondary N) is 1. The van der Waals surface area contributed by atoms with Crippen LogP contribution in [0.3, 0.4) is 0 Å². The Morgan fingerprint density at radius 1 is 1.25 bits per heavy atom. The highest BCUT2D eigenvalue weighted by atomic mass is 35.5. The zero-order valence-corrected chi connectivity index (χ0v) is 14.9. The van der Waals surface area contributed by atoms with Crippen LogP contribution in [0, 0.1) is 12.7 Å². The summed E-state index contributed by atoms with van der Waals surface area (Å²) in [4.78, 5) is 13.4. The summed E-state index contributed by atoms with van der Waals surface area (Å²) in [6, 6.07) is 5.57. The number of anilines is 2. The maximum absolute atomic E-state index is 14.1. The second-order valence-corrected chi connectivity index (χ2v) is 6.37. The number of imidazole rings is 1. The molecule has 0 saturated heterocycles. The second kappa shape index (κ2) is 6.78. The predicted molar refractivity (Wildman–Crippen MR) is 95.4 cm³/mol. The zero-order valence-electron chi connectivity index (χ0n) is 13.3. The van der Waals surface area contributed by atoms with Crippen LogP contribution in [0.2, 0.25) is 5.02 Å². The number of thioether (sulfide) groups is 1. The van der Waals surface area contributed by atoms with E-state index in [1.807, 2.05) is 32.4 Å². The molecule has 0 unspecified atom stereocenters. The first-order chi connectivity index (χ1) is 11.5. The molecule has 24 heavy (non-hydrogen) atoms. The van der Waals surface area contributed by atoms with Gasteiger partial charge in [-0.3, -0.25) is 0 Å². The lowest BCUT2D eigenvalue weighted by Gasteiger charge is -2.09. The Morgan fingerprint density at radius 2 is 2.04 bits per heavy atom. The van der Waals surface area contributed by atoms with E-state index in [1.54, 1.807) is 28.6 Å². The Kier molecular flexibility index (Phi) is 4.73. The van der Waals surface area contributed by atoms with Gasteiger partial charge in [0.15, 0.2) is 5.82 Å². The minimum atomic E-state index is -0.501. The van der Waals surface area contributed by atoms with Gasteiger partial charge in [-0.2, -0.15) is 0 Å². The average Bonchev–Trinajstić information content (AvgIpc) is 2.89. The highest BCUT2D eigenvalue weighted by molar-refractivity contribution is 7.98. The number of halogens is 2. The normalized spacial score (nSPS) is 10.9. The number of hydrogen-bond donors (Lipinski definition) is 1. The smallest absolute Gasteiger partial charge is 0.227 e. The molecule has 0 aliphatic rings. The maximum atomic E-state index is 14.1. The summed E-state index contributed by atoms with van der Waals surface area (Å²) in [5, 5.41) is 3.68. The van der Waals surface area contributed by atoms with E-state index in [0.717, 1.165) is 22.6 Å². The highest BCUT2D eigenvalue weighted by Crippen LogP contribution is 2.29. The first-order valence-electron chi connectivity index (χ1n) is 7.11. The fraction of sp³-hybridized carbons (Fsp3) is 0.188. The van der Waals surface area contributed by atoms with Crippen molar-refractivity contribution in [3.63, 3.8) is 0 Å². The van der Waals surface area contributed by atoms with Crippen LogP contribution in [0.4, 0.5) is 16.0 Å². The minimum Gasteiger partial charge on any atom is -0.330 e. The van der Waals surface area contributed by atoms with Gasteiger partial charge in [0.2, 0.25) is 5.95 Å². The summed E-state index contributed by atoms with van der Waals surface area (Å²) in [6.45, 7) is 1.84. The third kappa shape index (κ3) is 3.22. The van der Waals surface area contributed by atoms with E-state index >= 15 is 0 Å². The van der Waals surface area contributed by atoms with Gasteiger partial charge in [0.05, 0.1) is 23.1 Å². The van der Waals surface area contributed by atoms with E-state index in [9.17, 15) is 4.39 Å². The summed E-state index contributed by atoms with van der Waals surface area (Å²) >= 11 is 7.76. The average molecular weight is 364 g/mol. The van der Waals surface area contributed by atoms with Gasteiger partial charge in [-0.1, -0.05) is 11.6 Å². The molecule has 124 valence electrons. The predicted octanol–water partition coefficient (Wildman–Crippen LogP) is 4.44. The van der Waals surface area contributed by atoms with Crippen LogP contribution in [0.5, 0.6) is 0 Å². The molecule has 0 radical (unpaired) electrons. The molecule has 1 N–H and O–H groups in total. The standard InChI is InChI=1S/C16H15ClFN5S/c1-9-19-8-13(23(9)2)15-12(18)7-20-16(22-15)21-10-4-5-14(24-3)11(17)6-10/h4-8H,1-3H3,(H,20,21,22). The van der Waals surface area contributed by atoms with Crippen LogP contribution in [-0.2, 0) is 7.05 Å². The van der Waals surface area contributed by atoms with Crippen LogP contribution >= 0.6 is 23.4 Å². The molecule has 0 aliphatic carbocycles. The summed E-state index contributed by atoms with van der Waals surface area (Å²) in [7, 11) is 1.81. The molecule has 0 spiro atoms. The molecule has 0 atom stereocenters. The van der Waals surface area contributed by atoms with E-state index in [4.69, 9.17) is 11.6 Å². The number of nitrogens with zero attached hydrogens (tertiary/aromatic N) is 4. The molecule has 2 heterocycles. The molecule has 5 nitrogen and oxygen atoms in total. The fourth-order valence-electron chi connectivity index (χ4n) is 2.20. The Bertz CT molecular complexity index is 896. The van der Waals surface area contributed by atoms with Gasteiger partial charge in [-0.25, -0.2) is 19.3 Å². The van der Waals surface area contributed by atoms with Gasteiger partial charge in [0.1, 0.15) is 11.5 Å². The third-order valence-electron chi connectivity index (χ3n) is 3.62. The Balaban J connectivity index is 1.94. The fourth-order valence-corrected chi connectivity index (χ4v) is 3.07. The Labute approximate surface area is 148 Å². The molecule has 0 amide bonds. The first-order valence-corrected chi connectivity index (χ1v) is 8.71. The molecular weight excluding hydrogens is 349 g/mol. The van der Waals surface area contributed by atoms with E-state index in [0.29, 0.717) is 16.7 Å². The molecule has 0 aliphatic heterocycles. The van der Waals surface area contributed by atoms with Gasteiger partial charge in [-0.05, 0) is 31.4 Å². The molecule has 0 saturated carbocycles. The zero-order chi connectivity index (χ0) is 17.3. The molecule has 0 bridgehead atoms. The van der Waals surface area contributed by atoms with Crippen LogP contribution in [0.1, 0.15) is 5.82 Å². The van der Waals surface area contributed by atoms with Crippen LogP contribution in [0.25, 0.3) is 11.4 Å². The number of rotatable bonds is 4. The lowest BCUT2D eigenvalue weighted by Crippen LogP contribution is -2.03. The summed E-state index contributed by atoms with van der Waals surface area (Å²) < 4.78 is 15.9. The number of aryl methyl sites for hydroxylation is 1. The summed E-state index contributed by atoms with van der Waals surface area (Å²) in [5.41, 5.74) is 1.52. The summed E-state index contributed by atoms with van der Waals surface area (Å²) in [6.07, 6.45) is 4.69. The van der Waals surface area contributed by atoms with Crippen molar-refractivity contribution in [2.75, 3.05) is 11.6 Å². The van der Waals surface area contributed by atoms with Crippen molar-refractivity contribution < 1.29 is 4.39 Å². The molecule has 0 fully saturated rings. The lowest BCUT2D eigenvalue weighted by molar-refractivity contribution is 0.616. The van der Waals surface area contributed by atoms with Crippen LogP contribution in [-0.4, -0.2) is 25.8 Å². The van der Waals surface area contributed by atoms with Gasteiger partial charge in [0, 0.05) is 17.6 Å². The van der Waals surface area contributed by atoms with Gasteiger partial charge in [-0.15, -0.1) is 11.8 Å². The van der Waals surface area contributed by atoms with E-state index in [-0.39, 0.29) is 5.69 Å². The van der Waals surface area contributed by atoms with Crippen LogP contribution < -0.4 is 5.32 Å². The van der Waals surface area contributed by atoms with Crippen molar-refractivity contribution in [1.29, 1.82) is 0 Å². The number of aromatic nitrogens is 4. The van der Waals surface area contributed by atoms with Crippen molar-refractivity contribution in [3.8, 4) is 11.4 Å². The van der Waals surface area contributed by atoms with Crippen molar-refractivity contribution in [2.24, 2.45) is 7.05 Å². The van der Waals surface area contributed by atoms with Crippen molar-refractivity contribution in [3.05, 3.63) is 47.3 Å². The molecule has 2 aromatic heterocycles. The highest BCUT2D eigenvalue weighted by Gasteiger charge is 2.14. The van der Waals surface area contributed by atoms with Gasteiger partial charge in [0.25, 0.3) is 0 Å². The van der Waals surface area contributed by atoms with E-state index in [1.165, 1.54) is 0 Å². The van der Waals surface area contributed by atoms with Gasteiger partial charge < -0.3 is 9.88 Å². The topological polar surface area (TPSA) is 55.6 Å². The molecule has 3 aromatic rings. The van der Waals surface area contributed by atoms with Crippen LogP contribution in [0.15, 0.2) is 35.5 Å². The third-order valence-corrected chi connectivity index (χ3v) is 4.84. The summed E-state index contributed by atoms with van der Waals surface area (Å²) in [5.74, 6) is 0.564. The van der Waals surface area contributed by atoms with Crippen molar-refractivity contribution in [2.45, 2.75) is 11.8 Å². The first kappa shape index (κ1) is 16.7. The monoisotopic (exact) mass is 363 g/mol. The molecule has 8 heteroatoms.